The number of aromatic nitrogens is 1. The quantitative estimate of drug-likeness (QED) is 0.843. The van der Waals surface area contributed by atoms with Crippen molar-refractivity contribution < 1.29 is 8.42 Å². The highest BCUT2D eigenvalue weighted by Crippen LogP contribution is 2.32. The SMILES string of the molecule is Nc1cnc2ccccc2c1N1CCS(=O)(=O)CC1. The Labute approximate surface area is 112 Å². The van der Waals surface area contributed by atoms with Gasteiger partial charge in [0.25, 0.3) is 0 Å². The molecule has 2 aromatic rings. The molecule has 1 fully saturated rings. The standard InChI is InChI=1S/C13H15N3O2S/c14-11-9-15-12-4-2-1-3-10(12)13(11)16-5-7-19(17,18)8-6-16/h1-4,9H,5-8,14H2. The number of hydrogen-bond donors (Lipinski definition) is 1. The van der Waals surface area contributed by atoms with E-state index in [1.165, 1.54) is 0 Å². The van der Waals surface area contributed by atoms with Crippen LogP contribution in [0.25, 0.3) is 10.9 Å². The Morgan fingerprint density at radius 3 is 2.58 bits per heavy atom. The van der Waals surface area contributed by atoms with Crippen LogP contribution in [0.2, 0.25) is 0 Å². The topological polar surface area (TPSA) is 76.3 Å². The minimum absolute atomic E-state index is 0.184. The van der Waals surface area contributed by atoms with Gasteiger partial charge in [0.2, 0.25) is 0 Å². The molecule has 0 spiro atoms. The van der Waals surface area contributed by atoms with E-state index < -0.39 is 9.84 Å². The van der Waals surface area contributed by atoms with Crippen molar-refractivity contribution in [3.63, 3.8) is 0 Å². The summed E-state index contributed by atoms with van der Waals surface area (Å²) in [4.78, 5) is 6.34. The van der Waals surface area contributed by atoms with Gasteiger partial charge >= 0.3 is 0 Å². The van der Waals surface area contributed by atoms with Gasteiger partial charge in [-0.2, -0.15) is 0 Å². The third kappa shape index (κ3) is 2.23. The molecule has 6 heteroatoms. The third-order valence-electron chi connectivity index (χ3n) is 3.44. The van der Waals surface area contributed by atoms with Crippen LogP contribution >= 0.6 is 0 Å². The van der Waals surface area contributed by atoms with Crippen LogP contribution in [0.1, 0.15) is 0 Å². The van der Waals surface area contributed by atoms with Gasteiger partial charge in [0, 0.05) is 18.5 Å². The zero-order valence-electron chi connectivity index (χ0n) is 10.4. The summed E-state index contributed by atoms with van der Waals surface area (Å²) in [6.07, 6.45) is 1.64. The van der Waals surface area contributed by atoms with Crippen LogP contribution in [0.15, 0.2) is 30.5 Å². The molecule has 1 saturated heterocycles. The fraction of sp³-hybridized carbons (Fsp3) is 0.308. The lowest BCUT2D eigenvalue weighted by molar-refractivity contribution is 0.587. The highest BCUT2D eigenvalue weighted by molar-refractivity contribution is 7.91. The summed E-state index contributed by atoms with van der Waals surface area (Å²) in [6.45, 7) is 0.973. The minimum atomic E-state index is -2.89. The second-order valence-corrected chi connectivity index (χ2v) is 7.02. The molecule has 5 nitrogen and oxygen atoms in total. The van der Waals surface area contributed by atoms with Crippen LogP contribution in [-0.2, 0) is 9.84 Å². The van der Waals surface area contributed by atoms with Crippen molar-refractivity contribution in [2.24, 2.45) is 0 Å². The summed E-state index contributed by atoms with van der Waals surface area (Å²) < 4.78 is 23.0. The molecule has 19 heavy (non-hydrogen) atoms. The zero-order chi connectivity index (χ0) is 13.5. The number of anilines is 2. The van der Waals surface area contributed by atoms with Crippen molar-refractivity contribution in [1.29, 1.82) is 0 Å². The fourth-order valence-corrected chi connectivity index (χ4v) is 3.63. The summed E-state index contributed by atoms with van der Waals surface area (Å²) in [5.41, 5.74) is 8.41. The lowest BCUT2D eigenvalue weighted by Gasteiger charge is -2.30. The third-order valence-corrected chi connectivity index (χ3v) is 5.05. The number of pyridine rings is 1. The second kappa shape index (κ2) is 4.38. The maximum atomic E-state index is 11.5. The van der Waals surface area contributed by atoms with E-state index in [0.29, 0.717) is 18.8 Å². The van der Waals surface area contributed by atoms with E-state index in [1.807, 2.05) is 29.2 Å². The molecule has 1 aliphatic heterocycles. The predicted octanol–water partition coefficient (Wildman–Crippen LogP) is 1.05. The maximum Gasteiger partial charge on any atom is 0.153 e. The van der Waals surface area contributed by atoms with Gasteiger partial charge in [-0.15, -0.1) is 0 Å². The fourth-order valence-electron chi connectivity index (χ4n) is 2.43. The Kier molecular flexibility index (Phi) is 2.82. The van der Waals surface area contributed by atoms with Crippen LogP contribution in [0.3, 0.4) is 0 Å². The van der Waals surface area contributed by atoms with Crippen LogP contribution < -0.4 is 10.6 Å². The predicted molar refractivity (Wildman–Crippen MR) is 77.0 cm³/mol. The van der Waals surface area contributed by atoms with Crippen LogP contribution in [0, 0.1) is 0 Å². The monoisotopic (exact) mass is 277 g/mol. The van der Waals surface area contributed by atoms with Gasteiger partial charge in [-0.3, -0.25) is 4.98 Å². The summed E-state index contributed by atoms with van der Waals surface area (Å²) in [5.74, 6) is 0.367. The summed E-state index contributed by atoms with van der Waals surface area (Å²) in [6, 6.07) is 7.76. The second-order valence-electron chi connectivity index (χ2n) is 4.72. The molecule has 1 aromatic carbocycles. The zero-order valence-corrected chi connectivity index (χ0v) is 11.2. The van der Waals surface area contributed by atoms with Crippen molar-refractivity contribution >= 4 is 32.1 Å². The van der Waals surface area contributed by atoms with Gasteiger partial charge in [0.15, 0.2) is 9.84 Å². The van der Waals surface area contributed by atoms with E-state index in [1.54, 1.807) is 6.20 Å². The molecule has 0 amide bonds. The molecule has 0 saturated carbocycles. The number of hydrogen-bond acceptors (Lipinski definition) is 5. The molecule has 1 aliphatic rings. The van der Waals surface area contributed by atoms with E-state index in [9.17, 15) is 8.42 Å². The molecule has 1 aromatic heterocycles. The van der Waals surface area contributed by atoms with Gasteiger partial charge in [0.05, 0.1) is 34.6 Å². The molecule has 3 rings (SSSR count). The maximum absolute atomic E-state index is 11.5. The van der Waals surface area contributed by atoms with Gasteiger partial charge in [-0.25, -0.2) is 8.42 Å². The van der Waals surface area contributed by atoms with Gasteiger partial charge in [-0.1, -0.05) is 18.2 Å². The first-order valence-electron chi connectivity index (χ1n) is 6.15. The molecule has 2 heterocycles. The number of fused-ring (bicyclic) bond motifs is 1. The first-order valence-corrected chi connectivity index (χ1v) is 7.97. The van der Waals surface area contributed by atoms with Crippen LogP contribution in [0.4, 0.5) is 11.4 Å². The summed E-state index contributed by atoms with van der Waals surface area (Å²) in [5, 5.41) is 0.974. The first-order chi connectivity index (χ1) is 9.07. The van der Waals surface area contributed by atoms with E-state index >= 15 is 0 Å². The van der Waals surface area contributed by atoms with Crippen molar-refractivity contribution in [3.05, 3.63) is 30.5 Å². The summed E-state index contributed by atoms with van der Waals surface area (Å²) >= 11 is 0. The molecule has 100 valence electrons. The normalized spacial score (nSPS) is 18.6. The number of para-hydroxylation sites is 1. The number of sulfone groups is 1. The first kappa shape index (κ1) is 12.2. The smallest absolute Gasteiger partial charge is 0.153 e. The average Bonchev–Trinajstić information content (AvgIpc) is 2.40. The number of rotatable bonds is 1. The van der Waals surface area contributed by atoms with Crippen molar-refractivity contribution in [2.75, 3.05) is 35.2 Å². The number of nitrogens with zero attached hydrogens (tertiary/aromatic N) is 2. The number of nitrogen functional groups attached to an aromatic ring is 1. The van der Waals surface area contributed by atoms with E-state index in [2.05, 4.69) is 4.98 Å². The van der Waals surface area contributed by atoms with Gasteiger partial charge in [-0.05, 0) is 6.07 Å². The van der Waals surface area contributed by atoms with Gasteiger partial charge < -0.3 is 10.6 Å². The molecule has 0 unspecified atom stereocenters. The molecule has 0 aliphatic carbocycles. The Balaban J connectivity index is 2.07. The molecule has 0 radical (unpaired) electrons. The Morgan fingerprint density at radius 2 is 1.84 bits per heavy atom. The molecule has 2 N–H and O–H groups in total. The highest BCUT2D eigenvalue weighted by atomic mass is 32.2. The van der Waals surface area contributed by atoms with Crippen molar-refractivity contribution in [1.82, 2.24) is 4.98 Å². The Hall–Kier alpha value is -1.82. The molecular formula is C13H15N3O2S. The number of benzene rings is 1. The lowest BCUT2D eigenvalue weighted by atomic mass is 10.1. The van der Waals surface area contributed by atoms with Gasteiger partial charge in [0.1, 0.15) is 0 Å². The van der Waals surface area contributed by atoms with Crippen LogP contribution in [0.5, 0.6) is 0 Å². The average molecular weight is 277 g/mol. The van der Waals surface area contributed by atoms with E-state index in [0.717, 1.165) is 16.6 Å². The van der Waals surface area contributed by atoms with E-state index in [4.69, 9.17) is 5.73 Å². The summed E-state index contributed by atoms with van der Waals surface area (Å²) in [7, 11) is -2.89. The van der Waals surface area contributed by atoms with Crippen molar-refractivity contribution in [2.45, 2.75) is 0 Å². The number of nitrogens with two attached hydrogens (primary N) is 1. The Morgan fingerprint density at radius 1 is 1.16 bits per heavy atom. The van der Waals surface area contributed by atoms with Crippen LogP contribution in [-0.4, -0.2) is 38.0 Å². The molecule has 0 atom stereocenters. The Bertz CT molecular complexity index is 714. The largest absolute Gasteiger partial charge is 0.396 e. The van der Waals surface area contributed by atoms with E-state index in [-0.39, 0.29) is 11.5 Å². The van der Waals surface area contributed by atoms with Crippen molar-refractivity contribution in [3.8, 4) is 0 Å². The minimum Gasteiger partial charge on any atom is -0.396 e. The lowest BCUT2D eigenvalue weighted by Crippen LogP contribution is -2.40. The molecule has 0 bridgehead atoms. The highest BCUT2D eigenvalue weighted by Gasteiger charge is 2.24. The molecular weight excluding hydrogens is 262 g/mol.